The lowest BCUT2D eigenvalue weighted by molar-refractivity contribution is -0.141. The van der Waals surface area contributed by atoms with Gasteiger partial charge in [0.05, 0.1) is 0 Å². The molecule has 26 heavy (non-hydrogen) atoms. The van der Waals surface area contributed by atoms with Crippen LogP contribution in [0, 0.1) is 5.41 Å². The third kappa shape index (κ3) is 5.66. The zero-order chi connectivity index (χ0) is 19.3. The van der Waals surface area contributed by atoms with E-state index in [9.17, 15) is 14.4 Å². The molecule has 1 fully saturated rings. The topological polar surface area (TPSA) is 69.7 Å². The van der Waals surface area contributed by atoms with Gasteiger partial charge in [0, 0.05) is 55.8 Å². The van der Waals surface area contributed by atoms with Crippen molar-refractivity contribution in [3.8, 4) is 0 Å². The molecule has 0 aliphatic carbocycles. The molecule has 1 heterocycles. The van der Waals surface area contributed by atoms with E-state index >= 15 is 0 Å². The van der Waals surface area contributed by atoms with E-state index in [1.807, 2.05) is 25.7 Å². The number of amides is 2. The van der Waals surface area contributed by atoms with E-state index in [-0.39, 0.29) is 23.0 Å². The van der Waals surface area contributed by atoms with Gasteiger partial charge in [0.1, 0.15) is 0 Å². The SMILES string of the molecule is CC(=O)c1ccc(NC(=O)CCN2CCN(C(=O)C(C)(C)C)CC2)cc1. The number of nitrogens with zero attached hydrogens (tertiary/aromatic N) is 2. The summed E-state index contributed by atoms with van der Waals surface area (Å²) in [6.07, 6.45) is 0.404. The summed E-state index contributed by atoms with van der Waals surface area (Å²) < 4.78 is 0. The molecule has 6 nitrogen and oxygen atoms in total. The maximum Gasteiger partial charge on any atom is 0.228 e. The lowest BCUT2D eigenvalue weighted by atomic mass is 9.94. The van der Waals surface area contributed by atoms with Gasteiger partial charge in [0.2, 0.25) is 11.8 Å². The first-order chi connectivity index (χ1) is 12.2. The van der Waals surface area contributed by atoms with Crippen LogP contribution in [-0.2, 0) is 9.59 Å². The van der Waals surface area contributed by atoms with E-state index in [4.69, 9.17) is 0 Å². The van der Waals surface area contributed by atoms with Gasteiger partial charge < -0.3 is 10.2 Å². The van der Waals surface area contributed by atoms with E-state index in [1.54, 1.807) is 24.3 Å². The second kappa shape index (κ2) is 8.45. The Hall–Kier alpha value is -2.21. The van der Waals surface area contributed by atoms with Crippen molar-refractivity contribution in [2.45, 2.75) is 34.1 Å². The van der Waals surface area contributed by atoms with Crippen molar-refractivity contribution in [2.75, 3.05) is 38.0 Å². The van der Waals surface area contributed by atoms with Crippen LogP contribution in [0.2, 0.25) is 0 Å². The van der Waals surface area contributed by atoms with E-state index in [1.165, 1.54) is 6.92 Å². The highest BCUT2D eigenvalue weighted by Crippen LogP contribution is 2.18. The number of nitrogens with one attached hydrogen (secondary N) is 1. The smallest absolute Gasteiger partial charge is 0.228 e. The van der Waals surface area contributed by atoms with Gasteiger partial charge in [-0.2, -0.15) is 0 Å². The number of carbonyl (C=O) groups is 3. The van der Waals surface area contributed by atoms with Crippen LogP contribution in [0.5, 0.6) is 0 Å². The molecule has 0 radical (unpaired) electrons. The van der Waals surface area contributed by atoms with E-state index in [2.05, 4.69) is 10.2 Å². The van der Waals surface area contributed by atoms with Gasteiger partial charge in [-0.25, -0.2) is 0 Å². The molecule has 1 saturated heterocycles. The average Bonchev–Trinajstić information content (AvgIpc) is 2.59. The van der Waals surface area contributed by atoms with Crippen molar-refractivity contribution in [3.05, 3.63) is 29.8 Å². The number of carbonyl (C=O) groups excluding carboxylic acids is 3. The van der Waals surface area contributed by atoms with Gasteiger partial charge in [0.25, 0.3) is 0 Å². The summed E-state index contributed by atoms with van der Waals surface area (Å²) in [5, 5.41) is 2.85. The fourth-order valence-corrected chi connectivity index (χ4v) is 2.92. The molecule has 6 heteroatoms. The van der Waals surface area contributed by atoms with Crippen molar-refractivity contribution in [1.29, 1.82) is 0 Å². The molecule has 142 valence electrons. The fourth-order valence-electron chi connectivity index (χ4n) is 2.92. The Kier molecular flexibility index (Phi) is 6.53. The summed E-state index contributed by atoms with van der Waals surface area (Å²) in [6, 6.07) is 6.91. The molecule has 0 bridgehead atoms. The first-order valence-electron chi connectivity index (χ1n) is 9.09. The molecule has 1 aromatic rings. The van der Waals surface area contributed by atoms with Crippen LogP contribution in [0.3, 0.4) is 0 Å². The van der Waals surface area contributed by atoms with Gasteiger partial charge >= 0.3 is 0 Å². The molecule has 1 aromatic carbocycles. The third-order valence-corrected chi connectivity index (χ3v) is 4.53. The highest BCUT2D eigenvalue weighted by atomic mass is 16.2. The van der Waals surface area contributed by atoms with Crippen molar-refractivity contribution in [3.63, 3.8) is 0 Å². The minimum atomic E-state index is -0.347. The quantitative estimate of drug-likeness (QED) is 0.820. The van der Waals surface area contributed by atoms with Gasteiger partial charge in [-0.15, -0.1) is 0 Å². The Labute approximate surface area is 155 Å². The van der Waals surface area contributed by atoms with E-state index in [0.29, 0.717) is 37.3 Å². The first-order valence-corrected chi connectivity index (χ1v) is 9.09. The van der Waals surface area contributed by atoms with Crippen LogP contribution in [0.4, 0.5) is 5.69 Å². The Morgan fingerprint density at radius 3 is 2.08 bits per heavy atom. The van der Waals surface area contributed by atoms with Crippen molar-refractivity contribution in [1.82, 2.24) is 9.80 Å². The van der Waals surface area contributed by atoms with E-state index in [0.717, 1.165) is 13.1 Å². The zero-order valence-electron chi connectivity index (χ0n) is 16.2. The number of piperazine rings is 1. The van der Waals surface area contributed by atoms with Crippen LogP contribution in [-0.4, -0.2) is 60.1 Å². The molecular formula is C20H29N3O3. The molecule has 1 aliphatic heterocycles. The second-order valence-electron chi connectivity index (χ2n) is 7.82. The molecule has 0 spiro atoms. The molecule has 0 saturated carbocycles. The van der Waals surface area contributed by atoms with Crippen LogP contribution in [0.15, 0.2) is 24.3 Å². The summed E-state index contributed by atoms with van der Waals surface area (Å²) in [5.41, 5.74) is 0.978. The Balaban J connectivity index is 1.73. The van der Waals surface area contributed by atoms with Crippen LogP contribution >= 0.6 is 0 Å². The number of anilines is 1. The number of rotatable bonds is 5. The summed E-state index contributed by atoms with van der Waals surface area (Å²) in [7, 11) is 0. The van der Waals surface area contributed by atoms with Crippen LogP contribution in [0.1, 0.15) is 44.5 Å². The predicted octanol–water partition coefficient (Wildman–Crippen LogP) is 2.41. The number of hydrogen-bond donors (Lipinski definition) is 1. The number of hydrogen-bond acceptors (Lipinski definition) is 4. The Bertz CT molecular complexity index is 654. The Morgan fingerprint density at radius 1 is 1.00 bits per heavy atom. The highest BCUT2D eigenvalue weighted by Gasteiger charge is 2.29. The van der Waals surface area contributed by atoms with Gasteiger partial charge in [-0.05, 0) is 31.2 Å². The molecule has 1 N–H and O–H groups in total. The highest BCUT2D eigenvalue weighted by molar-refractivity contribution is 5.95. The Morgan fingerprint density at radius 2 is 1.58 bits per heavy atom. The molecule has 0 atom stereocenters. The zero-order valence-corrected chi connectivity index (χ0v) is 16.2. The largest absolute Gasteiger partial charge is 0.340 e. The average molecular weight is 359 g/mol. The summed E-state index contributed by atoms with van der Waals surface area (Å²) in [6.45, 7) is 11.0. The lowest BCUT2D eigenvalue weighted by Crippen LogP contribution is -2.51. The normalized spacial score (nSPS) is 15.6. The summed E-state index contributed by atoms with van der Waals surface area (Å²) >= 11 is 0. The fraction of sp³-hybridized carbons (Fsp3) is 0.550. The van der Waals surface area contributed by atoms with Crippen molar-refractivity contribution < 1.29 is 14.4 Å². The first kappa shape index (κ1) is 20.1. The number of benzene rings is 1. The molecule has 2 rings (SSSR count). The molecular weight excluding hydrogens is 330 g/mol. The van der Waals surface area contributed by atoms with Crippen molar-refractivity contribution >= 4 is 23.3 Å². The van der Waals surface area contributed by atoms with E-state index < -0.39 is 0 Å². The number of Topliss-reactive ketones (excluding diaryl/α,β-unsaturated/α-hetero) is 1. The minimum Gasteiger partial charge on any atom is -0.340 e. The molecule has 0 unspecified atom stereocenters. The maximum atomic E-state index is 12.3. The molecule has 0 aromatic heterocycles. The molecule has 1 aliphatic rings. The van der Waals surface area contributed by atoms with Crippen LogP contribution in [0.25, 0.3) is 0 Å². The predicted molar refractivity (Wildman–Crippen MR) is 102 cm³/mol. The minimum absolute atomic E-state index is 0.00645. The maximum absolute atomic E-state index is 12.3. The van der Waals surface area contributed by atoms with Crippen LogP contribution < -0.4 is 5.32 Å². The lowest BCUT2D eigenvalue weighted by Gasteiger charge is -2.37. The summed E-state index contributed by atoms with van der Waals surface area (Å²) in [5.74, 6) is 0.143. The second-order valence-corrected chi connectivity index (χ2v) is 7.82. The van der Waals surface area contributed by atoms with Gasteiger partial charge in [-0.1, -0.05) is 20.8 Å². The summed E-state index contributed by atoms with van der Waals surface area (Å²) in [4.78, 5) is 39.8. The molecule has 2 amide bonds. The third-order valence-electron chi connectivity index (χ3n) is 4.53. The number of ketones is 1. The van der Waals surface area contributed by atoms with Gasteiger partial charge in [0.15, 0.2) is 5.78 Å². The monoisotopic (exact) mass is 359 g/mol. The standard InChI is InChI=1S/C20H29N3O3/c1-15(24)16-5-7-17(8-6-16)21-18(25)9-10-22-11-13-23(14-12-22)19(26)20(2,3)4/h5-8H,9-14H2,1-4H3,(H,21,25). The van der Waals surface area contributed by atoms with Gasteiger partial charge in [-0.3, -0.25) is 19.3 Å². The van der Waals surface area contributed by atoms with Crippen molar-refractivity contribution in [2.24, 2.45) is 5.41 Å².